The molecule has 0 fully saturated rings. The van der Waals surface area contributed by atoms with Crippen LogP contribution in [-0.4, -0.2) is 81.8 Å². The van der Waals surface area contributed by atoms with Crippen LogP contribution in [0.2, 0.25) is 10.2 Å². The average molecular weight is 796 g/mol. The summed E-state index contributed by atoms with van der Waals surface area (Å²) in [6, 6.07) is 7.45. The number of cyclic esters (lactones) is 1. The van der Waals surface area contributed by atoms with Gasteiger partial charge in [0, 0.05) is 43.3 Å². The van der Waals surface area contributed by atoms with E-state index in [1.165, 1.54) is 44.2 Å². The quantitative estimate of drug-likeness (QED) is 0.125. The van der Waals surface area contributed by atoms with Gasteiger partial charge in [0.15, 0.2) is 6.10 Å². The molecule has 3 amide bonds. The summed E-state index contributed by atoms with van der Waals surface area (Å²) in [5.41, 5.74) is 2.30. The van der Waals surface area contributed by atoms with Crippen molar-refractivity contribution in [1.29, 1.82) is 0 Å². The van der Waals surface area contributed by atoms with Crippen molar-refractivity contribution in [2.45, 2.75) is 77.8 Å². The molecule has 0 aliphatic carbocycles. The number of carbonyl (C=O) groups is 4. The van der Waals surface area contributed by atoms with Gasteiger partial charge in [0.05, 0.1) is 11.1 Å². The van der Waals surface area contributed by atoms with E-state index in [0.29, 0.717) is 17.5 Å². The standard InChI is InChI=1S/C36H45Cl2N4O10P/c1-18-14-19(2)22(5)51-36(46)31(50-7)30(23-12-13-29(26(37)16-23)52-53(47,48)49)41-34(44)28(17-25-24-10-8-9-11-27(24)40-32(25)38)42(6)35(45)21(4)39-33(43)20(3)15-18/h8-14,16,19-22,28,30-31,40H,15,17H2,1-7H3,(H,39,43)(H,41,44)(H2,47,48,49)/b18-14+/t19-,20+,21+,22-,28-,30+,31+/m1/s1. The molecule has 0 unspecified atom stereocenters. The molecule has 288 valence electrons. The average Bonchev–Trinajstić information content (AvgIpc) is 3.40. The van der Waals surface area contributed by atoms with Gasteiger partial charge < -0.3 is 34.5 Å². The molecule has 17 heteroatoms. The largest absolute Gasteiger partial charge is 0.524 e. The molecule has 4 rings (SSSR count). The summed E-state index contributed by atoms with van der Waals surface area (Å²) in [5, 5.41) is 6.36. The van der Waals surface area contributed by atoms with Crippen molar-refractivity contribution in [3.8, 4) is 5.75 Å². The predicted octanol–water partition coefficient (Wildman–Crippen LogP) is 5.25. The van der Waals surface area contributed by atoms with Crippen molar-refractivity contribution in [3.63, 3.8) is 0 Å². The Morgan fingerprint density at radius 1 is 1.00 bits per heavy atom. The van der Waals surface area contributed by atoms with Crippen molar-refractivity contribution in [2.75, 3.05) is 14.2 Å². The molecule has 0 radical (unpaired) electrons. The number of allylic oxidation sites excluding steroid dienone is 1. The van der Waals surface area contributed by atoms with E-state index in [1.807, 2.05) is 38.1 Å². The number of esters is 1. The molecule has 0 saturated carbocycles. The molecule has 0 spiro atoms. The van der Waals surface area contributed by atoms with Crippen molar-refractivity contribution >= 4 is 65.6 Å². The third-order valence-electron chi connectivity index (χ3n) is 9.29. The third-order valence-corrected chi connectivity index (χ3v) is 10.3. The third kappa shape index (κ3) is 10.4. The zero-order valence-corrected chi connectivity index (χ0v) is 32.8. The van der Waals surface area contributed by atoms with Crippen LogP contribution in [0.3, 0.4) is 0 Å². The van der Waals surface area contributed by atoms with Gasteiger partial charge in [0.1, 0.15) is 29.1 Å². The van der Waals surface area contributed by atoms with Gasteiger partial charge in [-0.25, -0.2) is 9.36 Å². The number of hydrogen-bond acceptors (Lipinski definition) is 8. The summed E-state index contributed by atoms with van der Waals surface area (Å²) >= 11 is 13.0. The second-order valence-electron chi connectivity index (χ2n) is 13.4. The van der Waals surface area contributed by atoms with E-state index in [9.17, 15) is 33.5 Å². The number of H-pyrrole nitrogens is 1. The van der Waals surface area contributed by atoms with Crippen LogP contribution in [0.1, 0.15) is 58.2 Å². The number of likely N-dealkylation sites (N-methyl/N-ethyl adjacent to an activating group) is 1. The number of phosphoric acid groups is 1. The zero-order chi connectivity index (χ0) is 39.4. The summed E-state index contributed by atoms with van der Waals surface area (Å²) in [5.74, 6) is -3.63. The molecule has 53 heavy (non-hydrogen) atoms. The van der Waals surface area contributed by atoms with E-state index in [0.717, 1.165) is 11.0 Å². The minimum absolute atomic E-state index is 0.0861. The molecular formula is C36H45Cl2N4O10P. The molecule has 0 saturated heterocycles. The number of aromatic nitrogens is 1. The number of aromatic amines is 1. The smallest absolute Gasteiger partial charge is 0.460 e. The molecule has 1 aromatic heterocycles. The molecule has 1 aliphatic heterocycles. The van der Waals surface area contributed by atoms with Crippen LogP contribution in [0.15, 0.2) is 54.1 Å². The number of nitrogens with zero attached hydrogens (tertiary/aromatic N) is 1. The Hall–Kier alpha value is -3.91. The van der Waals surface area contributed by atoms with E-state index in [2.05, 4.69) is 20.1 Å². The van der Waals surface area contributed by atoms with Crippen LogP contribution in [0, 0.1) is 11.8 Å². The van der Waals surface area contributed by atoms with Gasteiger partial charge >= 0.3 is 13.8 Å². The zero-order valence-electron chi connectivity index (χ0n) is 30.4. The number of ether oxygens (including phenoxy) is 2. The van der Waals surface area contributed by atoms with E-state index in [4.69, 9.17) is 32.7 Å². The lowest BCUT2D eigenvalue weighted by atomic mass is 9.95. The van der Waals surface area contributed by atoms with Gasteiger partial charge in [-0.1, -0.05) is 73.0 Å². The minimum Gasteiger partial charge on any atom is -0.460 e. The number of amides is 3. The Balaban J connectivity index is 1.86. The summed E-state index contributed by atoms with van der Waals surface area (Å²) in [6.45, 7) is 8.70. The van der Waals surface area contributed by atoms with Gasteiger partial charge in [-0.2, -0.15) is 0 Å². The molecule has 0 bridgehead atoms. The lowest BCUT2D eigenvalue weighted by Gasteiger charge is -2.33. The summed E-state index contributed by atoms with van der Waals surface area (Å²) < 4.78 is 27.8. The first-order chi connectivity index (χ1) is 24.8. The number of rotatable bonds is 6. The Morgan fingerprint density at radius 3 is 2.32 bits per heavy atom. The van der Waals surface area contributed by atoms with E-state index < -0.39 is 61.9 Å². The van der Waals surface area contributed by atoms with Crippen LogP contribution in [-0.2, 0) is 39.6 Å². The molecule has 7 atom stereocenters. The van der Waals surface area contributed by atoms with Crippen molar-refractivity contribution in [1.82, 2.24) is 20.5 Å². The van der Waals surface area contributed by atoms with Crippen molar-refractivity contribution in [2.24, 2.45) is 11.8 Å². The van der Waals surface area contributed by atoms with Crippen molar-refractivity contribution < 1.29 is 47.5 Å². The fourth-order valence-electron chi connectivity index (χ4n) is 6.29. The highest BCUT2D eigenvalue weighted by molar-refractivity contribution is 7.46. The van der Waals surface area contributed by atoms with Crippen LogP contribution >= 0.6 is 31.0 Å². The highest BCUT2D eigenvalue weighted by Gasteiger charge is 2.39. The first-order valence-corrected chi connectivity index (χ1v) is 19.2. The highest BCUT2D eigenvalue weighted by atomic mass is 35.5. The van der Waals surface area contributed by atoms with Crippen LogP contribution < -0.4 is 15.2 Å². The first-order valence-electron chi connectivity index (χ1n) is 16.9. The van der Waals surface area contributed by atoms with Crippen LogP contribution in [0.25, 0.3) is 10.9 Å². The molecular weight excluding hydrogens is 750 g/mol. The minimum atomic E-state index is -4.99. The Labute approximate surface area is 317 Å². The van der Waals surface area contributed by atoms with Gasteiger partial charge in [-0.05, 0) is 56.5 Å². The van der Waals surface area contributed by atoms with Crippen LogP contribution in [0.5, 0.6) is 5.75 Å². The fraction of sp³-hybridized carbons (Fsp3) is 0.444. The second kappa shape index (κ2) is 17.5. The molecule has 2 heterocycles. The number of halogens is 2. The number of methoxy groups -OCH3 is 1. The predicted molar refractivity (Wildman–Crippen MR) is 199 cm³/mol. The number of fused-ring (bicyclic) bond motifs is 1. The number of phosphoric ester groups is 1. The van der Waals surface area contributed by atoms with E-state index in [-0.39, 0.29) is 39.7 Å². The number of carbonyl (C=O) groups excluding carboxylic acids is 4. The van der Waals surface area contributed by atoms with E-state index >= 15 is 0 Å². The normalized spacial score (nSPS) is 26.9. The summed E-state index contributed by atoms with van der Waals surface area (Å²) in [7, 11) is -2.30. The Kier molecular flexibility index (Phi) is 13.8. The molecule has 1 aliphatic rings. The highest BCUT2D eigenvalue weighted by Crippen LogP contribution is 2.42. The van der Waals surface area contributed by atoms with Gasteiger partial charge in [-0.3, -0.25) is 24.2 Å². The maximum absolute atomic E-state index is 14.6. The lowest BCUT2D eigenvalue weighted by molar-refractivity contribution is -0.164. The molecule has 14 nitrogen and oxygen atoms in total. The Morgan fingerprint density at radius 2 is 1.68 bits per heavy atom. The number of benzene rings is 2. The van der Waals surface area contributed by atoms with Gasteiger partial charge in [0.2, 0.25) is 17.7 Å². The lowest BCUT2D eigenvalue weighted by Crippen LogP contribution is -2.56. The van der Waals surface area contributed by atoms with Crippen LogP contribution in [0.4, 0.5) is 0 Å². The monoisotopic (exact) mass is 794 g/mol. The number of hydrogen-bond donors (Lipinski definition) is 5. The van der Waals surface area contributed by atoms with E-state index in [1.54, 1.807) is 19.9 Å². The molecule has 2 aromatic carbocycles. The Bertz CT molecular complexity index is 1930. The SMILES string of the molecule is CO[C@@H]1C(=O)O[C@H](C)[C@H](C)/C=C(\C)C[C@H](C)C(=O)N[C@@H](C)C(=O)N(C)[C@H](Cc2c(Cl)[nH]c3ccccc23)C(=O)N[C@H]1c1ccc(OP(=O)(O)O)c(Cl)c1. The maximum atomic E-state index is 14.6. The number of nitrogens with one attached hydrogen (secondary N) is 3. The summed E-state index contributed by atoms with van der Waals surface area (Å²) in [4.78, 5) is 78.7. The van der Waals surface area contributed by atoms with Gasteiger partial charge in [-0.15, -0.1) is 0 Å². The first kappa shape index (κ1) is 41.8. The summed E-state index contributed by atoms with van der Waals surface area (Å²) in [6.07, 6.45) is 0.0466. The molecule has 5 N–H and O–H groups in total. The second-order valence-corrected chi connectivity index (χ2v) is 15.3. The van der Waals surface area contributed by atoms with Gasteiger partial charge in [0.25, 0.3) is 0 Å². The topological polar surface area (TPSA) is 197 Å². The maximum Gasteiger partial charge on any atom is 0.524 e. The van der Waals surface area contributed by atoms with Crippen molar-refractivity contribution in [3.05, 3.63) is 75.4 Å². The fourth-order valence-corrected chi connectivity index (χ4v) is 7.27. The number of para-hydroxylation sites is 1. The molecule has 3 aromatic rings.